The fourth-order valence-corrected chi connectivity index (χ4v) is 3.15. The molecule has 0 saturated heterocycles. The molecule has 0 fully saturated rings. The van der Waals surface area contributed by atoms with Crippen molar-refractivity contribution in [2.75, 3.05) is 5.32 Å². The second kappa shape index (κ2) is 7.08. The lowest BCUT2D eigenvalue weighted by molar-refractivity contribution is -0.115. The molecule has 4 heteroatoms. The number of rotatable bonds is 4. The summed E-state index contributed by atoms with van der Waals surface area (Å²) in [4.78, 5) is 17.0. The molecule has 0 radical (unpaired) electrons. The topological polar surface area (TPSA) is 55.1 Å². The van der Waals surface area contributed by atoms with Gasteiger partial charge in [-0.2, -0.15) is 0 Å². The summed E-state index contributed by atoms with van der Waals surface area (Å²) in [6, 6.07) is 21.3. The molecular weight excluding hydrogens is 336 g/mol. The lowest BCUT2D eigenvalue weighted by Crippen LogP contribution is -2.15. The van der Waals surface area contributed by atoms with Gasteiger partial charge < -0.3 is 9.73 Å². The molecule has 0 aliphatic carbocycles. The summed E-state index contributed by atoms with van der Waals surface area (Å²) >= 11 is 0. The number of aromatic nitrogens is 1. The average Bonchev–Trinajstić information content (AvgIpc) is 3.08. The molecule has 27 heavy (non-hydrogen) atoms. The van der Waals surface area contributed by atoms with E-state index in [-0.39, 0.29) is 5.91 Å². The molecule has 0 bridgehead atoms. The zero-order valence-corrected chi connectivity index (χ0v) is 15.3. The van der Waals surface area contributed by atoms with Crippen LogP contribution in [0.2, 0.25) is 0 Å². The van der Waals surface area contributed by atoms with Crippen molar-refractivity contribution in [2.24, 2.45) is 0 Å². The Morgan fingerprint density at radius 1 is 1.00 bits per heavy atom. The minimum absolute atomic E-state index is 0.0448. The summed E-state index contributed by atoms with van der Waals surface area (Å²) in [5.41, 5.74) is 6.48. The first-order valence-corrected chi connectivity index (χ1v) is 8.90. The minimum atomic E-state index is -0.0448. The molecule has 0 aliphatic rings. The van der Waals surface area contributed by atoms with E-state index in [2.05, 4.69) is 23.3 Å². The molecule has 0 atom stereocenters. The predicted octanol–water partition coefficient (Wildman–Crippen LogP) is 5.29. The van der Waals surface area contributed by atoms with Crippen LogP contribution in [-0.2, 0) is 11.2 Å². The normalized spacial score (nSPS) is 10.9. The van der Waals surface area contributed by atoms with Gasteiger partial charge in [0.1, 0.15) is 5.52 Å². The Kier molecular flexibility index (Phi) is 4.47. The number of benzene rings is 3. The first-order valence-electron chi connectivity index (χ1n) is 8.90. The first kappa shape index (κ1) is 17.0. The summed E-state index contributed by atoms with van der Waals surface area (Å²) in [6.45, 7) is 4.08. The van der Waals surface area contributed by atoms with Crippen LogP contribution in [-0.4, -0.2) is 10.9 Å². The molecule has 4 aromatic rings. The Labute approximate surface area is 157 Å². The number of para-hydroxylation sites is 2. The SMILES string of the molecule is Cc1ccc(CC(=O)Nc2cccc(-c3nc4ccccc4o3)c2)c(C)c1. The fraction of sp³-hybridized carbons (Fsp3) is 0.130. The van der Waals surface area contributed by atoms with Gasteiger partial charge in [-0.3, -0.25) is 4.79 Å². The van der Waals surface area contributed by atoms with Gasteiger partial charge in [-0.25, -0.2) is 4.98 Å². The lowest BCUT2D eigenvalue weighted by atomic mass is 10.0. The van der Waals surface area contributed by atoms with Gasteiger partial charge in [-0.1, -0.05) is 42.0 Å². The molecule has 0 unspecified atom stereocenters. The molecular formula is C23H20N2O2. The van der Waals surface area contributed by atoms with Crippen molar-refractivity contribution in [3.8, 4) is 11.5 Å². The number of fused-ring (bicyclic) bond motifs is 1. The summed E-state index contributed by atoms with van der Waals surface area (Å²) in [6.07, 6.45) is 0.346. The zero-order chi connectivity index (χ0) is 18.8. The van der Waals surface area contributed by atoms with Crippen molar-refractivity contribution in [1.29, 1.82) is 0 Å². The maximum Gasteiger partial charge on any atom is 0.228 e. The number of carbonyl (C=O) groups excluding carboxylic acids is 1. The van der Waals surface area contributed by atoms with Gasteiger partial charge in [0.15, 0.2) is 5.58 Å². The zero-order valence-electron chi connectivity index (χ0n) is 15.3. The quantitative estimate of drug-likeness (QED) is 0.540. The number of oxazole rings is 1. The highest BCUT2D eigenvalue weighted by molar-refractivity contribution is 5.93. The molecule has 1 heterocycles. The lowest BCUT2D eigenvalue weighted by Gasteiger charge is -2.09. The van der Waals surface area contributed by atoms with Gasteiger partial charge in [0.2, 0.25) is 11.8 Å². The summed E-state index contributed by atoms with van der Waals surface area (Å²) in [5.74, 6) is 0.498. The van der Waals surface area contributed by atoms with Crippen molar-refractivity contribution >= 4 is 22.7 Å². The first-order chi connectivity index (χ1) is 13.1. The van der Waals surface area contributed by atoms with Gasteiger partial charge in [-0.15, -0.1) is 0 Å². The van der Waals surface area contributed by atoms with Gasteiger partial charge in [0.25, 0.3) is 0 Å². The minimum Gasteiger partial charge on any atom is -0.436 e. The maximum absolute atomic E-state index is 12.5. The molecule has 3 aromatic carbocycles. The summed E-state index contributed by atoms with van der Waals surface area (Å²) in [5, 5.41) is 2.97. The van der Waals surface area contributed by atoms with E-state index in [4.69, 9.17) is 4.42 Å². The highest BCUT2D eigenvalue weighted by Crippen LogP contribution is 2.26. The van der Waals surface area contributed by atoms with E-state index < -0.39 is 0 Å². The second-order valence-corrected chi connectivity index (χ2v) is 6.72. The van der Waals surface area contributed by atoms with Crippen LogP contribution >= 0.6 is 0 Å². The Balaban J connectivity index is 1.53. The van der Waals surface area contributed by atoms with Crippen LogP contribution in [0.4, 0.5) is 5.69 Å². The summed E-state index contributed by atoms with van der Waals surface area (Å²) in [7, 11) is 0. The summed E-state index contributed by atoms with van der Waals surface area (Å²) < 4.78 is 5.81. The van der Waals surface area contributed by atoms with Gasteiger partial charge in [0.05, 0.1) is 6.42 Å². The number of aryl methyl sites for hydroxylation is 2. The molecule has 134 valence electrons. The Bertz CT molecular complexity index is 1100. The van der Waals surface area contributed by atoms with Crippen LogP contribution in [0, 0.1) is 13.8 Å². The van der Waals surface area contributed by atoms with Gasteiger partial charge >= 0.3 is 0 Å². The average molecular weight is 356 g/mol. The van der Waals surface area contributed by atoms with Crippen molar-refractivity contribution in [3.63, 3.8) is 0 Å². The highest BCUT2D eigenvalue weighted by Gasteiger charge is 2.10. The van der Waals surface area contributed by atoms with Gasteiger partial charge in [0, 0.05) is 11.3 Å². The van der Waals surface area contributed by atoms with E-state index in [1.165, 1.54) is 5.56 Å². The van der Waals surface area contributed by atoms with Crippen LogP contribution in [0.25, 0.3) is 22.6 Å². The third-order valence-electron chi connectivity index (χ3n) is 4.54. The van der Waals surface area contributed by atoms with E-state index in [1.807, 2.05) is 67.6 Å². The molecule has 1 N–H and O–H groups in total. The number of hydrogen-bond donors (Lipinski definition) is 1. The van der Waals surface area contributed by atoms with Crippen LogP contribution in [0.3, 0.4) is 0 Å². The second-order valence-electron chi connectivity index (χ2n) is 6.72. The third kappa shape index (κ3) is 3.75. The predicted molar refractivity (Wildman–Crippen MR) is 108 cm³/mol. The monoisotopic (exact) mass is 356 g/mol. The van der Waals surface area contributed by atoms with Crippen molar-refractivity contribution in [3.05, 3.63) is 83.4 Å². The van der Waals surface area contributed by atoms with E-state index in [0.717, 1.165) is 33.5 Å². The van der Waals surface area contributed by atoms with Crippen molar-refractivity contribution in [1.82, 2.24) is 4.98 Å². The number of hydrogen-bond acceptors (Lipinski definition) is 3. The van der Waals surface area contributed by atoms with Crippen LogP contribution in [0.1, 0.15) is 16.7 Å². The van der Waals surface area contributed by atoms with Crippen LogP contribution in [0.15, 0.2) is 71.1 Å². The largest absolute Gasteiger partial charge is 0.436 e. The molecule has 1 aromatic heterocycles. The molecule has 0 aliphatic heterocycles. The fourth-order valence-electron chi connectivity index (χ4n) is 3.15. The van der Waals surface area contributed by atoms with Crippen LogP contribution < -0.4 is 5.32 Å². The number of nitrogens with one attached hydrogen (secondary N) is 1. The van der Waals surface area contributed by atoms with E-state index in [1.54, 1.807) is 0 Å². The van der Waals surface area contributed by atoms with Crippen molar-refractivity contribution in [2.45, 2.75) is 20.3 Å². The van der Waals surface area contributed by atoms with Crippen LogP contribution in [0.5, 0.6) is 0 Å². The molecule has 0 saturated carbocycles. The molecule has 1 amide bonds. The molecule has 4 nitrogen and oxygen atoms in total. The number of amides is 1. The van der Waals surface area contributed by atoms with E-state index in [0.29, 0.717) is 12.3 Å². The highest BCUT2D eigenvalue weighted by atomic mass is 16.3. The van der Waals surface area contributed by atoms with Crippen molar-refractivity contribution < 1.29 is 9.21 Å². The third-order valence-corrected chi connectivity index (χ3v) is 4.54. The standard InChI is InChI=1S/C23H20N2O2/c1-15-10-11-17(16(2)12-15)14-22(26)24-19-7-5-6-18(13-19)23-25-20-8-3-4-9-21(20)27-23/h3-13H,14H2,1-2H3,(H,24,26). The van der Waals surface area contributed by atoms with E-state index >= 15 is 0 Å². The Morgan fingerprint density at radius 2 is 1.85 bits per heavy atom. The molecule has 4 rings (SSSR count). The van der Waals surface area contributed by atoms with E-state index in [9.17, 15) is 4.79 Å². The number of anilines is 1. The Morgan fingerprint density at radius 3 is 2.67 bits per heavy atom. The smallest absolute Gasteiger partial charge is 0.228 e. The number of carbonyl (C=O) groups is 1. The van der Waals surface area contributed by atoms with Gasteiger partial charge in [-0.05, 0) is 55.3 Å². The Hall–Kier alpha value is -3.40. The maximum atomic E-state index is 12.5. The molecule has 0 spiro atoms. The number of nitrogens with zero attached hydrogens (tertiary/aromatic N) is 1.